The Morgan fingerprint density at radius 3 is 2.32 bits per heavy atom. The van der Waals surface area contributed by atoms with E-state index < -0.39 is 0 Å². The Morgan fingerprint density at radius 1 is 1.12 bits per heavy atom. The number of carbonyl (C=O) groups excluding carboxylic acids is 1. The van der Waals surface area contributed by atoms with Gasteiger partial charge in [0.05, 0.1) is 5.25 Å². The Hall–Kier alpha value is -1.49. The van der Waals surface area contributed by atoms with E-state index in [-0.39, 0.29) is 35.5 Å². The summed E-state index contributed by atoms with van der Waals surface area (Å²) in [6.45, 7) is 3.43. The molecule has 0 radical (unpaired) electrons. The van der Waals surface area contributed by atoms with E-state index >= 15 is 0 Å². The molecule has 1 aliphatic heterocycles. The minimum Gasteiger partial charge on any atom is -0.339 e. The fourth-order valence-electron chi connectivity index (χ4n) is 3.24. The first-order valence-corrected chi connectivity index (χ1v) is 9.38. The Bertz CT molecular complexity index is 668. The van der Waals surface area contributed by atoms with E-state index in [1.807, 2.05) is 41.3 Å². The normalized spacial score (nSPS) is 20.8. The van der Waals surface area contributed by atoms with E-state index in [1.54, 1.807) is 11.8 Å². The molecule has 1 saturated heterocycles. The number of amides is 1. The van der Waals surface area contributed by atoms with Gasteiger partial charge in [0.25, 0.3) is 0 Å². The SMILES string of the molecule is CCC(Sc1ccccc1)C(=O)N1C[C@@H](N)[C@H](c2ccccc2)C1.Cl. The topological polar surface area (TPSA) is 46.3 Å². The standard InChI is InChI=1S/C20H24N2OS.ClH/c1-2-19(24-16-11-7-4-8-12-16)20(23)22-13-17(18(21)14-22)15-9-5-3-6-10-15;/h3-12,17-19H,2,13-14,21H2,1H3;1H/t17-,18+,19?;/m0./s1. The first-order valence-electron chi connectivity index (χ1n) is 8.50. The van der Waals surface area contributed by atoms with Gasteiger partial charge in [-0.2, -0.15) is 0 Å². The number of benzene rings is 2. The molecule has 0 saturated carbocycles. The summed E-state index contributed by atoms with van der Waals surface area (Å²) in [6, 6.07) is 20.4. The maximum absolute atomic E-state index is 13.0. The molecule has 25 heavy (non-hydrogen) atoms. The van der Waals surface area contributed by atoms with Gasteiger partial charge in [0.15, 0.2) is 0 Å². The van der Waals surface area contributed by atoms with Crippen LogP contribution in [0.5, 0.6) is 0 Å². The second-order valence-electron chi connectivity index (χ2n) is 6.25. The van der Waals surface area contributed by atoms with Crippen LogP contribution < -0.4 is 5.73 Å². The fourth-order valence-corrected chi connectivity index (χ4v) is 4.30. The lowest BCUT2D eigenvalue weighted by atomic mass is 9.95. The maximum atomic E-state index is 13.0. The van der Waals surface area contributed by atoms with E-state index in [1.165, 1.54) is 5.56 Å². The summed E-state index contributed by atoms with van der Waals surface area (Å²) in [7, 11) is 0. The first-order chi connectivity index (χ1) is 11.7. The number of nitrogens with two attached hydrogens (primary N) is 1. The number of likely N-dealkylation sites (tertiary alicyclic amines) is 1. The third kappa shape index (κ3) is 4.78. The molecule has 1 unspecified atom stereocenters. The molecule has 2 aromatic carbocycles. The largest absolute Gasteiger partial charge is 0.339 e. The number of thioether (sulfide) groups is 1. The van der Waals surface area contributed by atoms with Crippen LogP contribution in [0, 0.1) is 0 Å². The lowest BCUT2D eigenvalue weighted by Gasteiger charge is -2.22. The molecule has 0 spiro atoms. The molecule has 3 nitrogen and oxygen atoms in total. The zero-order chi connectivity index (χ0) is 16.9. The van der Waals surface area contributed by atoms with Crippen molar-refractivity contribution in [3.63, 3.8) is 0 Å². The zero-order valence-electron chi connectivity index (χ0n) is 14.4. The summed E-state index contributed by atoms with van der Waals surface area (Å²) < 4.78 is 0. The van der Waals surface area contributed by atoms with Crippen LogP contribution in [-0.2, 0) is 4.79 Å². The summed E-state index contributed by atoms with van der Waals surface area (Å²) >= 11 is 1.65. The van der Waals surface area contributed by atoms with Crippen molar-refractivity contribution in [2.24, 2.45) is 5.73 Å². The molecular weight excluding hydrogens is 352 g/mol. The van der Waals surface area contributed by atoms with Crippen LogP contribution in [-0.4, -0.2) is 35.2 Å². The maximum Gasteiger partial charge on any atom is 0.236 e. The van der Waals surface area contributed by atoms with Gasteiger partial charge in [-0.05, 0) is 24.1 Å². The highest BCUT2D eigenvalue weighted by Gasteiger charge is 2.36. The molecule has 1 fully saturated rings. The van der Waals surface area contributed by atoms with Crippen LogP contribution in [0.1, 0.15) is 24.8 Å². The molecule has 0 bridgehead atoms. The van der Waals surface area contributed by atoms with Gasteiger partial charge in [0.2, 0.25) is 5.91 Å². The van der Waals surface area contributed by atoms with Crippen molar-refractivity contribution in [3.8, 4) is 0 Å². The van der Waals surface area contributed by atoms with Gasteiger partial charge in [0.1, 0.15) is 0 Å². The van der Waals surface area contributed by atoms with Gasteiger partial charge in [0, 0.05) is 29.9 Å². The molecule has 3 atom stereocenters. The summed E-state index contributed by atoms with van der Waals surface area (Å²) in [5, 5.41) is -0.0471. The van der Waals surface area contributed by atoms with Gasteiger partial charge < -0.3 is 10.6 Å². The highest BCUT2D eigenvalue weighted by Crippen LogP contribution is 2.31. The van der Waals surface area contributed by atoms with Crippen molar-refractivity contribution in [1.82, 2.24) is 4.90 Å². The average Bonchev–Trinajstić information content (AvgIpc) is 3.02. The molecule has 0 aromatic heterocycles. The van der Waals surface area contributed by atoms with Crippen molar-refractivity contribution in [2.45, 2.75) is 35.4 Å². The summed E-state index contributed by atoms with van der Waals surface area (Å²) in [5.41, 5.74) is 7.56. The van der Waals surface area contributed by atoms with Crippen LogP contribution in [0.3, 0.4) is 0 Å². The third-order valence-electron chi connectivity index (χ3n) is 4.57. The Labute approximate surface area is 160 Å². The molecule has 1 heterocycles. The zero-order valence-corrected chi connectivity index (χ0v) is 16.0. The van der Waals surface area contributed by atoms with Crippen molar-refractivity contribution in [2.75, 3.05) is 13.1 Å². The third-order valence-corrected chi connectivity index (χ3v) is 5.94. The van der Waals surface area contributed by atoms with E-state index in [0.717, 1.165) is 17.9 Å². The predicted molar refractivity (Wildman–Crippen MR) is 107 cm³/mol. The van der Waals surface area contributed by atoms with Crippen LogP contribution in [0.4, 0.5) is 0 Å². The van der Waals surface area contributed by atoms with E-state index in [0.29, 0.717) is 6.54 Å². The van der Waals surface area contributed by atoms with Crippen LogP contribution in [0.15, 0.2) is 65.6 Å². The molecule has 3 rings (SSSR count). The van der Waals surface area contributed by atoms with Crippen molar-refractivity contribution < 1.29 is 4.79 Å². The van der Waals surface area contributed by atoms with E-state index in [4.69, 9.17) is 5.73 Å². The predicted octanol–water partition coefficient (Wildman–Crippen LogP) is 3.93. The van der Waals surface area contributed by atoms with Gasteiger partial charge in [-0.1, -0.05) is 55.5 Å². The monoisotopic (exact) mass is 376 g/mol. The number of nitrogens with zero attached hydrogens (tertiary/aromatic N) is 1. The Morgan fingerprint density at radius 2 is 1.72 bits per heavy atom. The van der Waals surface area contributed by atoms with Gasteiger partial charge >= 0.3 is 0 Å². The lowest BCUT2D eigenvalue weighted by Crippen LogP contribution is -2.37. The van der Waals surface area contributed by atoms with E-state index in [9.17, 15) is 4.79 Å². The number of hydrogen-bond acceptors (Lipinski definition) is 3. The Kier molecular flexibility index (Phi) is 7.36. The summed E-state index contributed by atoms with van der Waals surface area (Å²) in [4.78, 5) is 16.0. The summed E-state index contributed by atoms with van der Waals surface area (Å²) in [6.07, 6.45) is 0.820. The van der Waals surface area contributed by atoms with Gasteiger partial charge in [-0.3, -0.25) is 4.79 Å². The number of rotatable bonds is 5. The second-order valence-corrected chi connectivity index (χ2v) is 7.53. The second kappa shape index (κ2) is 9.27. The molecule has 1 aliphatic rings. The van der Waals surface area contributed by atoms with Crippen molar-refractivity contribution in [3.05, 3.63) is 66.2 Å². The smallest absolute Gasteiger partial charge is 0.236 e. The Balaban J connectivity index is 0.00000225. The highest BCUT2D eigenvalue weighted by molar-refractivity contribution is 8.00. The molecule has 0 aliphatic carbocycles. The number of halogens is 1. The van der Waals surface area contributed by atoms with Crippen LogP contribution >= 0.6 is 24.2 Å². The van der Waals surface area contributed by atoms with Crippen LogP contribution in [0.2, 0.25) is 0 Å². The number of hydrogen-bond donors (Lipinski definition) is 1. The number of carbonyl (C=O) groups is 1. The molecule has 2 aromatic rings. The highest BCUT2D eigenvalue weighted by atomic mass is 35.5. The fraction of sp³-hybridized carbons (Fsp3) is 0.350. The average molecular weight is 377 g/mol. The van der Waals surface area contributed by atoms with Gasteiger partial charge in [-0.15, -0.1) is 24.2 Å². The minimum absolute atomic E-state index is 0. The molecule has 5 heteroatoms. The van der Waals surface area contributed by atoms with E-state index in [2.05, 4.69) is 31.2 Å². The van der Waals surface area contributed by atoms with Crippen molar-refractivity contribution in [1.29, 1.82) is 0 Å². The first kappa shape index (κ1) is 19.8. The quantitative estimate of drug-likeness (QED) is 0.804. The van der Waals surface area contributed by atoms with Crippen molar-refractivity contribution >= 4 is 30.1 Å². The molecular formula is C20H25ClN2OS. The molecule has 1 amide bonds. The molecule has 2 N–H and O–H groups in total. The lowest BCUT2D eigenvalue weighted by molar-refractivity contribution is -0.129. The van der Waals surface area contributed by atoms with Gasteiger partial charge in [-0.25, -0.2) is 0 Å². The summed E-state index contributed by atoms with van der Waals surface area (Å²) in [5.74, 6) is 0.439. The van der Waals surface area contributed by atoms with Crippen LogP contribution in [0.25, 0.3) is 0 Å². The minimum atomic E-state index is -0.0471. The molecule has 134 valence electrons.